The first kappa shape index (κ1) is 23.1. The Labute approximate surface area is 184 Å². The molecule has 1 atom stereocenters. The molecule has 0 unspecified atom stereocenters. The van der Waals surface area contributed by atoms with Crippen molar-refractivity contribution in [3.8, 4) is 0 Å². The van der Waals surface area contributed by atoms with E-state index in [1.807, 2.05) is 12.1 Å². The second kappa shape index (κ2) is 11.1. The van der Waals surface area contributed by atoms with E-state index < -0.39 is 0 Å². The van der Waals surface area contributed by atoms with E-state index in [0.717, 1.165) is 55.1 Å². The van der Waals surface area contributed by atoms with Gasteiger partial charge in [-0.1, -0.05) is 26.2 Å². The molecule has 30 heavy (non-hydrogen) atoms. The molecule has 2 heterocycles. The Morgan fingerprint density at radius 3 is 2.73 bits per heavy atom. The maximum atomic E-state index is 13.0. The summed E-state index contributed by atoms with van der Waals surface area (Å²) in [6, 6.07) is 4.12. The lowest BCUT2D eigenvalue weighted by Crippen LogP contribution is -2.45. The topological polar surface area (TPSA) is 80.3 Å². The number of amides is 1. The highest BCUT2D eigenvalue weighted by Gasteiger charge is 2.38. The zero-order valence-corrected chi connectivity index (χ0v) is 19.1. The fourth-order valence-electron chi connectivity index (χ4n) is 4.50. The quantitative estimate of drug-likeness (QED) is 0.479. The maximum absolute atomic E-state index is 13.0. The second-order valence-corrected chi connectivity index (χ2v) is 9.60. The maximum Gasteiger partial charge on any atom is 0.306 e. The Balaban J connectivity index is 1.88. The first-order valence-corrected chi connectivity index (χ1v) is 12.3. The number of nitrogens with zero attached hydrogens (tertiary/aromatic N) is 1. The van der Waals surface area contributed by atoms with Crippen LogP contribution in [0.15, 0.2) is 17.2 Å². The SMILES string of the molecule is CCCSc1nc([C@@]2(CC(=O)OC)CCCNC2)ccc1C(=O)NC1CCCCC1. The molecule has 1 aliphatic heterocycles. The van der Waals surface area contributed by atoms with Gasteiger partial charge in [0.1, 0.15) is 5.03 Å². The molecule has 0 radical (unpaired) electrons. The predicted molar refractivity (Wildman–Crippen MR) is 120 cm³/mol. The largest absolute Gasteiger partial charge is 0.469 e. The molecule has 0 bridgehead atoms. The van der Waals surface area contributed by atoms with E-state index in [0.29, 0.717) is 18.5 Å². The van der Waals surface area contributed by atoms with Gasteiger partial charge in [-0.3, -0.25) is 9.59 Å². The highest BCUT2D eigenvalue weighted by molar-refractivity contribution is 7.99. The van der Waals surface area contributed by atoms with Gasteiger partial charge in [0.15, 0.2) is 0 Å². The summed E-state index contributed by atoms with van der Waals surface area (Å²) in [5.74, 6) is 0.660. The molecule has 0 spiro atoms. The van der Waals surface area contributed by atoms with Crippen molar-refractivity contribution in [1.29, 1.82) is 0 Å². The van der Waals surface area contributed by atoms with Crippen LogP contribution in [0.4, 0.5) is 0 Å². The first-order chi connectivity index (χ1) is 14.6. The summed E-state index contributed by atoms with van der Waals surface area (Å²) in [4.78, 5) is 30.2. The summed E-state index contributed by atoms with van der Waals surface area (Å²) >= 11 is 1.63. The minimum atomic E-state index is -0.384. The third-order valence-corrected chi connectivity index (χ3v) is 7.41. The molecule has 2 N–H and O–H groups in total. The number of rotatable bonds is 8. The molecule has 1 aromatic rings. The summed E-state index contributed by atoms with van der Waals surface area (Å²) in [5.41, 5.74) is 1.15. The summed E-state index contributed by atoms with van der Waals surface area (Å²) in [6.07, 6.45) is 8.92. The molecule has 0 aromatic carbocycles. The fourth-order valence-corrected chi connectivity index (χ4v) is 5.38. The molecule has 6 nitrogen and oxygen atoms in total. The van der Waals surface area contributed by atoms with Crippen molar-refractivity contribution in [3.63, 3.8) is 0 Å². The number of aromatic nitrogens is 1. The van der Waals surface area contributed by atoms with Crippen molar-refractivity contribution in [2.45, 2.75) is 81.2 Å². The minimum Gasteiger partial charge on any atom is -0.469 e. The van der Waals surface area contributed by atoms with Crippen LogP contribution in [0.3, 0.4) is 0 Å². The van der Waals surface area contributed by atoms with Crippen LogP contribution in [0.2, 0.25) is 0 Å². The number of piperidine rings is 1. The van der Waals surface area contributed by atoms with Gasteiger partial charge in [0, 0.05) is 23.7 Å². The van der Waals surface area contributed by atoms with Gasteiger partial charge >= 0.3 is 5.97 Å². The van der Waals surface area contributed by atoms with Crippen molar-refractivity contribution in [2.24, 2.45) is 0 Å². The highest BCUT2D eigenvalue weighted by Crippen LogP contribution is 2.36. The number of pyridine rings is 1. The van der Waals surface area contributed by atoms with Crippen LogP contribution in [0, 0.1) is 0 Å². The third-order valence-electron chi connectivity index (χ3n) is 6.21. The standard InChI is InChI=1S/C23H35N3O3S/c1-3-14-30-22-18(21(28)25-17-8-5-4-6-9-17)10-11-19(26-22)23(15-20(27)29-2)12-7-13-24-16-23/h10-11,17,24H,3-9,12-16H2,1-2H3,(H,25,28)/t23-/m1/s1. The van der Waals surface area contributed by atoms with E-state index in [-0.39, 0.29) is 23.3 Å². The fraction of sp³-hybridized carbons (Fsp3) is 0.696. The minimum absolute atomic E-state index is 0.0247. The molecule has 1 amide bonds. The van der Waals surface area contributed by atoms with Crippen LogP contribution in [-0.2, 0) is 14.9 Å². The van der Waals surface area contributed by atoms with Crippen molar-refractivity contribution in [1.82, 2.24) is 15.6 Å². The average molecular weight is 434 g/mol. The van der Waals surface area contributed by atoms with Gasteiger partial charge in [0.2, 0.25) is 0 Å². The molecule has 1 saturated carbocycles. The number of carbonyl (C=O) groups is 2. The molecule has 2 aliphatic rings. The van der Waals surface area contributed by atoms with Crippen LogP contribution in [0.5, 0.6) is 0 Å². The number of nitrogens with one attached hydrogen (secondary N) is 2. The van der Waals surface area contributed by atoms with E-state index in [1.165, 1.54) is 26.4 Å². The Hall–Kier alpha value is -1.60. The number of hydrogen-bond acceptors (Lipinski definition) is 6. The van der Waals surface area contributed by atoms with Crippen LogP contribution in [0.25, 0.3) is 0 Å². The first-order valence-electron chi connectivity index (χ1n) is 11.3. The van der Waals surface area contributed by atoms with Gasteiger partial charge in [-0.15, -0.1) is 11.8 Å². The van der Waals surface area contributed by atoms with Crippen molar-refractivity contribution >= 4 is 23.6 Å². The lowest BCUT2D eigenvalue weighted by Gasteiger charge is -2.36. The molecule has 1 aliphatic carbocycles. The smallest absolute Gasteiger partial charge is 0.306 e. The number of methoxy groups -OCH3 is 1. The van der Waals surface area contributed by atoms with Crippen molar-refractivity contribution in [2.75, 3.05) is 26.0 Å². The number of hydrogen-bond donors (Lipinski definition) is 2. The molecule has 7 heteroatoms. The zero-order chi connectivity index (χ0) is 21.4. The molecule has 166 valence electrons. The normalized spacial score (nSPS) is 22.5. The Morgan fingerprint density at radius 1 is 1.27 bits per heavy atom. The van der Waals surface area contributed by atoms with Crippen molar-refractivity contribution in [3.05, 3.63) is 23.4 Å². The Bertz CT molecular complexity index is 728. The van der Waals surface area contributed by atoms with Crippen LogP contribution in [0.1, 0.15) is 80.8 Å². The number of carbonyl (C=O) groups excluding carboxylic acids is 2. The number of ether oxygens (including phenoxy) is 1. The molecular formula is C23H35N3O3S. The van der Waals surface area contributed by atoms with Crippen LogP contribution >= 0.6 is 11.8 Å². The van der Waals surface area contributed by atoms with E-state index in [9.17, 15) is 9.59 Å². The van der Waals surface area contributed by atoms with Crippen LogP contribution in [-0.4, -0.2) is 48.9 Å². The molecule has 1 saturated heterocycles. The summed E-state index contributed by atoms with van der Waals surface area (Å²) < 4.78 is 4.98. The van der Waals surface area contributed by atoms with E-state index in [2.05, 4.69) is 17.6 Å². The lowest BCUT2D eigenvalue weighted by molar-refractivity contribution is -0.142. The monoisotopic (exact) mass is 433 g/mol. The van der Waals surface area contributed by atoms with Gasteiger partial charge in [-0.2, -0.15) is 0 Å². The summed E-state index contributed by atoms with van der Waals surface area (Å²) in [6.45, 7) is 3.77. The predicted octanol–water partition coefficient (Wildman–Crippen LogP) is 3.83. The number of thioether (sulfide) groups is 1. The summed E-state index contributed by atoms with van der Waals surface area (Å²) in [5, 5.41) is 7.42. The molecule has 2 fully saturated rings. The van der Waals surface area contributed by atoms with Gasteiger partial charge in [-0.05, 0) is 56.5 Å². The Morgan fingerprint density at radius 2 is 2.07 bits per heavy atom. The van der Waals surface area contributed by atoms with Gasteiger partial charge in [0.25, 0.3) is 5.91 Å². The van der Waals surface area contributed by atoms with E-state index in [1.54, 1.807) is 11.8 Å². The average Bonchev–Trinajstić information content (AvgIpc) is 2.78. The molecule has 3 rings (SSSR count). The molecular weight excluding hydrogens is 398 g/mol. The second-order valence-electron chi connectivity index (χ2n) is 8.52. The molecule has 1 aromatic heterocycles. The van der Waals surface area contributed by atoms with E-state index in [4.69, 9.17) is 9.72 Å². The van der Waals surface area contributed by atoms with E-state index >= 15 is 0 Å². The van der Waals surface area contributed by atoms with Gasteiger partial charge in [0.05, 0.1) is 19.1 Å². The summed E-state index contributed by atoms with van der Waals surface area (Å²) in [7, 11) is 1.43. The van der Waals surface area contributed by atoms with Crippen molar-refractivity contribution < 1.29 is 14.3 Å². The number of esters is 1. The highest BCUT2D eigenvalue weighted by atomic mass is 32.2. The third kappa shape index (κ3) is 5.76. The van der Waals surface area contributed by atoms with Gasteiger partial charge in [-0.25, -0.2) is 4.98 Å². The van der Waals surface area contributed by atoms with Gasteiger partial charge < -0.3 is 15.4 Å². The lowest BCUT2D eigenvalue weighted by atomic mass is 9.74. The Kier molecular flexibility index (Phi) is 8.57. The van der Waals surface area contributed by atoms with Crippen LogP contribution < -0.4 is 10.6 Å². The zero-order valence-electron chi connectivity index (χ0n) is 18.3.